The van der Waals surface area contributed by atoms with Crippen molar-refractivity contribution in [3.8, 4) is 0 Å². The quantitative estimate of drug-likeness (QED) is 0.786. The van der Waals surface area contributed by atoms with Crippen LogP contribution < -0.4 is 0 Å². The van der Waals surface area contributed by atoms with E-state index in [1.54, 1.807) is 0 Å². The zero-order chi connectivity index (χ0) is 13.8. The number of hydrogen-bond acceptors (Lipinski definition) is 2. The molecule has 1 aliphatic rings. The highest BCUT2D eigenvalue weighted by molar-refractivity contribution is 6.49. The van der Waals surface area contributed by atoms with E-state index in [0.29, 0.717) is 0 Å². The molecule has 0 aromatic carbocycles. The smallest absolute Gasteiger partial charge is 0.424 e. The molecule has 0 heterocycles. The predicted molar refractivity (Wildman–Crippen MR) is 54.9 cm³/mol. The Morgan fingerprint density at radius 3 is 2.00 bits per heavy atom. The van der Waals surface area contributed by atoms with E-state index < -0.39 is 39.8 Å². The normalized spacial score (nSPS) is 29.9. The van der Waals surface area contributed by atoms with Crippen molar-refractivity contribution in [1.82, 2.24) is 0 Å². The van der Waals surface area contributed by atoms with Crippen LogP contribution in [-0.2, 0) is 4.79 Å². The van der Waals surface area contributed by atoms with Gasteiger partial charge in [0.1, 0.15) is 6.10 Å². The molecule has 2 N–H and O–H groups in total. The van der Waals surface area contributed by atoms with Gasteiger partial charge in [-0.25, -0.2) is 0 Å². The molecular weight excluding hydrogens is 284 g/mol. The van der Waals surface area contributed by atoms with Crippen molar-refractivity contribution in [1.29, 1.82) is 0 Å². The number of aliphatic hydroxyl groups excluding tert-OH is 1. The van der Waals surface area contributed by atoms with Crippen molar-refractivity contribution in [3.63, 3.8) is 0 Å². The average Bonchev–Trinajstić information content (AvgIpc) is 2.65. The summed E-state index contributed by atoms with van der Waals surface area (Å²) >= 11 is 10.2. The molecule has 17 heavy (non-hydrogen) atoms. The van der Waals surface area contributed by atoms with Crippen molar-refractivity contribution in [2.45, 2.75) is 30.5 Å². The molecule has 0 spiro atoms. The van der Waals surface area contributed by atoms with Crippen molar-refractivity contribution in [2.24, 2.45) is 17.3 Å². The Morgan fingerprint density at radius 2 is 1.76 bits per heavy atom. The Kier molecular flexibility index (Phi) is 3.41. The van der Waals surface area contributed by atoms with Crippen molar-refractivity contribution >= 4 is 29.2 Å². The third-order valence-corrected chi connectivity index (χ3v) is 4.14. The zero-order valence-electron chi connectivity index (χ0n) is 8.92. The maximum Gasteiger partial charge on any atom is 0.424 e. The molecule has 0 bridgehead atoms. The Balaban J connectivity index is 2.94. The second kappa shape index (κ2) is 3.90. The van der Waals surface area contributed by atoms with Gasteiger partial charge in [-0.15, -0.1) is 0 Å². The SMILES string of the molecule is CC1(C)[C@H](C(=O)O)[C@@H]1C(O)C(Cl)(Cl)C(F)(F)F. The first-order valence-corrected chi connectivity index (χ1v) is 5.46. The van der Waals surface area contributed by atoms with E-state index in [0.717, 1.165) is 0 Å². The summed E-state index contributed by atoms with van der Waals surface area (Å²) in [7, 11) is 0. The molecular formula is C9H11Cl2F3O3. The van der Waals surface area contributed by atoms with Gasteiger partial charge in [0, 0.05) is 5.92 Å². The average molecular weight is 295 g/mol. The standard InChI is InChI=1S/C9H11Cl2F3O3/c1-7(2)3(4(7)6(16)17)5(15)8(10,11)9(12,13)14/h3-5,15H,1-2H3,(H,16,17)/t3-,4+,5?/m1/s1. The number of rotatable bonds is 3. The number of aliphatic carboxylic acids is 1. The molecule has 1 unspecified atom stereocenters. The first-order valence-electron chi connectivity index (χ1n) is 4.70. The van der Waals surface area contributed by atoms with Crippen LogP contribution in [-0.4, -0.2) is 32.8 Å². The maximum atomic E-state index is 12.5. The highest BCUT2D eigenvalue weighted by Crippen LogP contribution is 2.63. The molecule has 0 aromatic heterocycles. The molecule has 1 fully saturated rings. The third kappa shape index (κ3) is 2.22. The van der Waals surface area contributed by atoms with E-state index in [1.165, 1.54) is 13.8 Å². The van der Waals surface area contributed by atoms with Gasteiger partial charge in [0.05, 0.1) is 5.92 Å². The lowest BCUT2D eigenvalue weighted by atomic mass is 10.0. The molecule has 8 heteroatoms. The molecule has 0 saturated heterocycles. The Hall–Kier alpha value is -0.200. The molecule has 0 aliphatic heterocycles. The zero-order valence-corrected chi connectivity index (χ0v) is 10.4. The summed E-state index contributed by atoms with van der Waals surface area (Å²) in [6.07, 6.45) is -7.21. The van der Waals surface area contributed by atoms with Crippen LogP contribution in [0.5, 0.6) is 0 Å². The summed E-state index contributed by atoms with van der Waals surface area (Å²) in [6.45, 7) is 2.89. The molecule has 1 saturated carbocycles. The van der Waals surface area contributed by atoms with Crippen molar-refractivity contribution in [2.75, 3.05) is 0 Å². The fourth-order valence-corrected chi connectivity index (χ4v) is 2.40. The van der Waals surface area contributed by atoms with E-state index in [9.17, 15) is 23.1 Å². The van der Waals surface area contributed by atoms with Gasteiger partial charge in [-0.2, -0.15) is 13.2 Å². The number of carbonyl (C=O) groups is 1. The monoisotopic (exact) mass is 294 g/mol. The first kappa shape index (κ1) is 14.9. The minimum absolute atomic E-state index is 0.967. The van der Waals surface area contributed by atoms with Gasteiger partial charge in [0.2, 0.25) is 4.33 Å². The fraction of sp³-hybridized carbons (Fsp3) is 0.889. The third-order valence-electron chi connectivity index (χ3n) is 3.27. The molecule has 0 radical (unpaired) electrons. The van der Waals surface area contributed by atoms with Gasteiger partial charge >= 0.3 is 12.1 Å². The molecule has 0 aromatic rings. The van der Waals surface area contributed by atoms with Crippen molar-refractivity contribution < 1.29 is 28.2 Å². The van der Waals surface area contributed by atoms with E-state index >= 15 is 0 Å². The number of alkyl halides is 5. The van der Waals surface area contributed by atoms with E-state index in [-0.39, 0.29) is 0 Å². The van der Waals surface area contributed by atoms with E-state index in [4.69, 9.17) is 28.3 Å². The molecule has 1 aliphatic carbocycles. The van der Waals surface area contributed by atoms with Gasteiger partial charge in [0.25, 0.3) is 0 Å². The summed E-state index contributed by atoms with van der Waals surface area (Å²) in [4.78, 5) is 10.8. The molecule has 3 atom stereocenters. The summed E-state index contributed by atoms with van der Waals surface area (Å²) in [6, 6.07) is 0. The van der Waals surface area contributed by atoms with Crippen LogP contribution >= 0.6 is 23.2 Å². The number of aliphatic hydroxyl groups is 1. The Bertz CT molecular complexity index is 341. The number of carboxylic acids is 1. The number of halogens is 5. The van der Waals surface area contributed by atoms with Crippen LogP contribution in [0.3, 0.4) is 0 Å². The van der Waals surface area contributed by atoms with Gasteiger partial charge in [-0.05, 0) is 5.41 Å². The second-order valence-electron chi connectivity index (χ2n) is 4.73. The lowest BCUT2D eigenvalue weighted by Gasteiger charge is -2.28. The lowest BCUT2D eigenvalue weighted by molar-refractivity contribution is -0.166. The Labute approximate surface area is 106 Å². The van der Waals surface area contributed by atoms with Gasteiger partial charge < -0.3 is 10.2 Å². The molecule has 0 amide bonds. The molecule has 3 nitrogen and oxygen atoms in total. The van der Waals surface area contributed by atoms with Crippen LogP contribution in [0.4, 0.5) is 13.2 Å². The second-order valence-corrected chi connectivity index (χ2v) is 6.11. The topological polar surface area (TPSA) is 57.5 Å². The molecule has 100 valence electrons. The first-order chi connectivity index (χ1) is 7.35. The fourth-order valence-electron chi connectivity index (χ4n) is 2.13. The van der Waals surface area contributed by atoms with Crippen molar-refractivity contribution in [3.05, 3.63) is 0 Å². The minimum Gasteiger partial charge on any atom is -0.481 e. The summed E-state index contributed by atoms with van der Waals surface area (Å²) in [5.74, 6) is -3.49. The van der Waals surface area contributed by atoms with Crippen LogP contribution in [0.2, 0.25) is 0 Å². The lowest BCUT2D eigenvalue weighted by Crippen LogP contribution is -2.47. The van der Waals surface area contributed by atoms with Gasteiger partial charge in [-0.3, -0.25) is 4.79 Å². The largest absolute Gasteiger partial charge is 0.481 e. The van der Waals surface area contributed by atoms with Crippen LogP contribution in [0.25, 0.3) is 0 Å². The van der Waals surface area contributed by atoms with Gasteiger partial charge in [-0.1, -0.05) is 37.0 Å². The number of carboxylic acid groups (broad SMARTS) is 1. The highest BCUT2D eigenvalue weighted by atomic mass is 35.5. The van der Waals surface area contributed by atoms with Crippen LogP contribution in [0.15, 0.2) is 0 Å². The van der Waals surface area contributed by atoms with E-state index in [2.05, 4.69) is 0 Å². The summed E-state index contributed by atoms with van der Waals surface area (Å²) < 4.78 is 34.1. The highest BCUT2D eigenvalue weighted by Gasteiger charge is 2.72. The van der Waals surface area contributed by atoms with Gasteiger partial charge in [0.15, 0.2) is 0 Å². The van der Waals surface area contributed by atoms with Crippen LogP contribution in [0, 0.1) is 17.3 Å². The summed E-state index contributed by atoms with van der Waals surface area (Å²) in [5.41, 5.74) is -0.967. The Morgan fingerprint density at radius 1 is 1.35 bits per heavy atom. The summed E-state index contributed by atoms with van der Waals surface area (Å²) in [5, 5.41) is 18.4. The van der Waals surface area contributed by atoms with Crippen LogP contribution in [0.1, 0.15) is 13.8 Å². The number of hydrogen-bond donors (Lipinski definition) is 2. The predicted octanol–water partition coefficient (Wildman–Crippen LogP) is 2.44. The molecule has 1 rings (SSSR count). The van der Waals surface area contributed by atoms with E-state index in [1.807, 2.05) is 0 Å². The minimum atomic E-state index is -5.03. The maximum absolute atomic E-state index is 12.5.